The maximum Gasteiger partial charge on any atom is 0.328 e. The topological polar surface area (TPSA) is 370 Å². The molecule has 0 aliphatic rings. The number of hydrogen-bond acceptors (Lipinski definition) is 15. The van der Waals surface area contributed by atoms with Crippen LogP contribution >= 0.6 is 25.3 Å². The number of unbranched alkanes of at least 4 members (excludes halogenated alkanes) is 1. The fraction of sp³-hybridized carbons (Fsp3) is 0.429. The second-order valence-corrected chi connectivity index (χ2v) is 18.2. The van der Waals surface area contributed by atoms with Crippen LogP contribution < -0.4 is 48.7 Å². The number of fused-ring (bicyclic) bond motifs is 1. The van der Waals surface area contributed by atoms with E-state index in [4.69, 9.17) is 11.5 Å². The fourth-order valence-electron chi connectivity index (χ4n) is 7.58. The normalized spacial score (nSPS) is 15.3. The number of aromatic amines is 1. The minimum absolute atomic E-state index is 0.0501. The van der Waals surface area contributed by atoms with Crippen molar-refractivity contribution in [3.63, 3.8) is 0 Å². The van der Waals surface area contributed by atoms with Gasteiger partial charge in [-0.15, -0.1) is 0 Å². The summed E-state index contributed by atoms with van der Waals surface area (Å²) >= 11 is 8.42. The van der Waals surface area contributed by atoms with Crippen molar-refractivity contribution in [3.8, 4) is 5.75 Å². The van der Waals surface area contributed by atoms with Crippen LogP contribution in [0.15, 0.2) is 85.1 Å². The molecule has 4 rings (SSSR count). The Kier molecular flexibility index (Phi) is 23.5. The summed E-state index contributed by atoms with van der Waals surface area (Å²) in [6.07, 6.45) is -1.00. The van der Waals surface area contributed by atoms with Crippen LogP contribution in [0.4, 0.5) is 0 Å². The largest absolute Gasteiger partial charge is 0.508 e. The van der Waals surface area contributed by atoms with E-state index in [0.717, 1.165) is 23.4 Å². The van der Waals surface area contributed by atoms with Crippen LogP contribution in [0.3, 0.4) is 0 Å². The second-order valence-electron chi connectivity index (χ2n) is 17.5. The molecule has 7 amide bonds. The first-order chi connectivity index (χ1) is 34.8. The van der Waals surface area contributed by atoms with Crippen molar-refractivity contribution in [2.75, 3.05) is 18.1 Å². The van der Waals surface area contributed by atoms with Gasteiger partial charge in [0.15, 0.2) is 6.04 Å². The van der Waals surface area contributed by atoms with Gasteiger partial charge in [-0.2, -0.15) is 25.3 Å². The minimum atomic E-state index is -1.74. The predicted octanol–water partition coefficient (Wildman–Crippen LogP) is -1.54. The van der Waals surface area contributed by atoms with Crippen molar-refractivity contribution in [1.82, 2.24) is 42.2 Å². The van der Waals surface area contributed by atoms with E-state index >= 15 is 0 Å². The Bertz CT molecular complexity index is 2500. The van der Waals surface area contributed by atoms with Crippen LogP contribution in [0.1, 0.15) is 49.8 Å². The molecule has 10 atom stereocenters. The summed E-state index contributed by atoms with van der Waals surface area (Å²) in [6, 6.07) is 10.3. The number of H-pyrrole nitrogens is 1. The molecule has 0 fully saturated rings. The van der Waals surface area contributed by atoms with Gasteiger partial charge in [-0.25, -0.2) is 4.79 Å². The van der Waals surface area contributed by atoms with Crippen molar-refractivity contribution in [1.29, 1.82) is 0 Å². The first kappa shape index (κ1) is 58.9. The van der Waals surface area contributed by atoms with Gasteiger partial charge in [0, 0.05) is 41.4 Å². The molecule has 1 aromatic heterocycles. The molecule has 0 unspecified atom stereocenters. The standard InChI is InChI=1S/C49H66N10O12S2/c1-26(60)40(58-45(66)37(22-30-23-52-34-13-7-6-12-32(30)34)55-46(67)38(24-72)56-42(63)33(51)20-28-10-4-3-5-11-28)48(69)53-35(14-8-9-19-50)43(64)54-36(21-29-15-17-31(62)18-16-29)44(65)57-39(25-73)47(68)59-41(27(2)61)49(70)71/h3-7,10-13,15-18,23,26-27,33,35-41,52,60-62,72-73H,8-9,14,19-22,24-25,50-51H2,1-2H3,(H,53,69)(H,54,64)(H,55,67)(H,56,63)(H,57,65)(H,58,66)(H,59,68)(H,70,71)/t26-,27-,33+,35+,36+,37-,38+,39+,40+,41+/m1/s1. The van der Waals surface area contributed by atoms with E-state index in [1.54, 1.807) is 48.7 Å². The number of carboxylic acid groups (broad SMARTS) is 1. The summed E-state index contributed by atoms with van der Waals surface area (Å²) in [4.78, 5) is 112. The molecule has 16 N–H and O–H groups in total. The summed E-state index contributed by atoms with van der Waals surface area (Å²) in [5.41, 5.74) is 14.5. The zero-order valence-electron chi connectivity index (χ0n) is 40.3. The number of carbonyl (C=O) groups is 8. The predicted molar refractivity (Wildman–Crippen MR) is 277 cm³/mol. The average Bonchev–Trinajstić information content (AvgIpc) is 3.77. The van der Waals surface area contributed by atoms with E-state index in [1.165, 1.54) is 31.2 Å². The van der Waals surface area contributed by atoms with Crippen LogP contribution in [0, 0.1) is 0 Å². The maximum absolute atomic E-state index is 14.4. The van der Waals surface area contributed by atoms with Gasteiger partial charge in [-0.1, -0.05) is 60.7 Å². The molecule has 396 valence electrons. The van der Waals surface area contributed by atoms with Gasteiger partial charge in [0.05, 0.1) is 18.2 Å². The molecule has 24 heteroatoms. The molecule has 0 saturated heterocycles. The number of nitrogens with two attached hydrogens (primary N) is 2. The number of para-hydroxylation sites is 1. The zero-order valence-corrected chi connectivity index (χ0v) is 42.1. The smallest absolute Gasteiger partial charge is 0.328 e. The molecule has 0 spiro atoms. The van der Waals surface area contributed by atoms with Gasteiger partial charge >= 0.3 is 5.97 Å². The third kappa shape index (κ3) is 18.1. The number of benzene rings is 3. The monoisotopic (exact) mass is 1050 g/mol. The molecular formula is C49H66N10O12S2. The number of phenolic OH excluding ortho intramolecular Hbond substituents is 1. The number of rotatable bonds is 29. The highest BCUT2D eigenvalue weighted by Gasteiger charge is 2.36. The summed E-state index contributed by atoms with van der Waals surface area (Å²) in [6.45, 7) is 2.58. The number of carboxylic acids is 1. The molecule has 0 aliphatic carbocycles. The number of aliphatic hydroxyl groups excluding tert-OH is 2. The average molecular weight is 1050 g/mol. The van der Waals surface area contributed by atoms with Gasteiger partial charge in [-0.05, 0) is 81.0 Å². The summed E-state index contributed by atoms with van der Waals surface area (Å²) in [5, 5.41) is 58.5. The molecule has 0 radical (unpaired) electrons. The fourth-order valence-corrected chi connectivity index (χ4v) is 8.09. The SMILES string of the molecule is C[C@@H](O)[C@H](NC(=O)[C@H](CS)NC(=O)[C@H](Cc1ccc(O)cc1)NC(=O)[C@H](CCCCN)NC(=O)[C@@H](NC(=O)[C@@H](Cc1c[nH]c2ccccc12)NC(=O)[C@H](CS)NC(=O)[C@@H](N)Cc1ccccc1)[C@@H](C)O)C(=O)O. The first-order valence-corrected chi connectivity index (χ1v) is 24.8. The number of nitrogens with one attached hydrogen (secondary N) is 8. The van der Waals surface area contributed by atoms with Crippen molar-refractivity contribution < 1.29 is 58.8 Å². The molecule has 4 aromatic rings. The number of aromatic hydroxyl groups is 1. The Morgan fingerprint density at radius 3 is 1.63 bits per heavy atom. The van der Waals surface area contributed by atoms with E-state index < -0.39 is 108 Å². The van der Waals surface area contributed by atoms with Gasteiger partial charge in [-0.3, -0.25) is 33.6 Å². The molecule has 0 aliphatic heterocycles. The lowest BCUT2D eigenvalue weighted by atomic mass is 10.0. The summed E-state index contributed by atoms with van der Waals surface area (Å²) in [5.74, 6) is -8.40. The van der Waals surface area contributed by atoms with Gasteiger partial charge in [0.1, 0.15) is 42.0 Å². The number of amides is 7. The van der Waals surface area contributed by atoms with E-state index in [9.17, 15) is 58.8 Å². The molecule has 22 nitrogen and oxygen atoms in total. The molecule has 1 heterocycles. The van der Waals surface area contributed by atoms with Crippen molar-refractivity contribution in [2.24, 2.45) is 11.5 Å². The molecular weight excluding hydrogens is 985 g/mol. The number of thiol groups is 2. The Hall–Kier alpha value is -6.70. The molecule has 3 aromatic carbocycles. The van der Waals surface area contributed by atoms with Gasteiger partial charge in [0.25, 0.3) is 0 Å². The zero-order chi connectivity index (χ0) is 53.8. The number of aliphatic carboxylic acids is 1. The van der Waals surface area contributed by atoms with Crippen LogP contribution in [-0.4, -0.2) is 151 Å². The highest BCUT2D eigenvalue weighted by Crippen LogP contribution is 2.20. The van der Waals surface area contributed by atoms with Crippen molar-refractivity contribution >= 4 is 83.5 Å². The lowest BCUT2D eigenvalue weighted by molar-refractivity contribution is -0.145. The highest BCUT2D eigenvalue weighted by atomic mass is 32.1. The number of hydrogen-bond donors (Lipinski definition) is 16. The van der Waals surface area contributed by atoms with Crippen LogP contribution in [0.2, 0.25) is 0 Å². The number of phenols is 1. The Balaban J connectivity index is 1.58. The lowest BCUT2D eigenvalue weighted by Crippen LogP contribution is -2.62. The van der Waals surface area contributed by atoms with E-state index in [-0.39, 0.29) is 55.9 Å². The third-order valence-electron chi connectivity index (χ3n) is 11.7. The van der Waals surface area contributed by atoms with Gasteiger partial charge < -0.3 is 74.1 Å². The maximum atomic E-state index is 14.4. The second kappa shape index (κ2) is 29.1. The lowest BCUT2D eigenvalue weighted by Gasteiger charge is -2.28. The Morgan fingerprint density at radius 1 is 0.562 bits per heavy atom. The Labute approximate surface area is 432 Å². The van der Waals surface area contributed by atoms with Crippen LogP contribution in [0.5, 0.6) is 5.75 Å². The van der Waals surface area contributed by atoms with Gasteiger partial charge in [0.2, 0.25) is 41.4 Å². The molecule has 0 saturated carbocycles. The van der Waals surface area contributed by atoms with E-state index in [2.05, 4.69) is 67.5 Å². The summed E-state index contributed by atoms with van der Waals surface area (Å²) in [7, 11) is 0. The summed E-state index contributed by atoms with van der Waals surface area (Å²) < 4.78 is 0. The minimum Gasteiger partial charge on any atom is -0.508 e. The van der Waals surface area contributed by atoms with E-state index in [0.29, 0.717) is 17.5 Å². The highest BCUT2D eigenvalue weighted by molar-refractivity contribution is 7.80. The molecule has 0 bridgehead atoms. The van der Waals surface area contributed by atoms with Crippen molar-refractivity contribution in [3.05, 3.63) is 102 Å². The first-order valence-electron chi connectivity index (χ1n) is 23.5. The number of aromatic nitrogens is 1. The Morgan fingerprint density at radius 2 is 1.04 bits per heavy atom. The van der Waals surface area contributed by atoms with Crippen molar-refractivity contribution in [2.45, 2.75) is 113 Å². The number of aliphatic hydroxyl groups is 2. The van der Waals surface area contributed by atoms with Crippen LogP contribution in [0.25, 0.3) is 10.9 Å². The quantitative estimate of drug-likeness (QED) is 0.0217. The molecule has 73 heavy (non-hydrogen) atoms. The third-order valence-corrected chi connectivity index (χ3v) is 12.4. The van der Waals surface area contributed by atoms with E-state index in [1.807, 2.05) is 12.1 Å². The number of carbonyl (C=O) groups excluding carboxylic acids is 7. The van der Waals surface area contributed by atoms with Crippen LogP contribution in [-0.2, 0) is 57.6 Å².